The highest BCUT2D eigenvalue weighted by atomic mass is 32.1. The molecular formula is C45H57N9O5S. The molecule has 0 unspecified atom stereocenters. The topological polar surface area (TPSA) is 201 Å². The molecule has 4 heterocycles. The number of nitrogens with one attached hydrogen (secondary N) is 2. The number of nitrogen functional groups attached to an aromatic ring is 1. The molecule has 14 nitrogen and oxygen atoms in total. The Morgan fingerprint density at radius 2 is 1.67 bits per heavy atom. The van der Waals surface area contributed by atoms with Gasteiger partial charge in [-0.15, -0.1) is 21.5 Å². The lowest BCUT2D eigenvalue weighted by Gasteiger charge is -2.35. The number of rotatable bonds is 17. The summed E-state index contributed by atoms with van der Waals surface area (Å²) in [6.07, 6.45) is 8.78. The molecule has 0 aliphatic carbocycles. The van der Waals surface area contributed by atoms with Gasteiger partial charge in [0.05, 0.1) is 40.1 Å². The van der Waals surface area contributed by atoms with Crippen molar-refractivity contribution in [2.45, 2.75) is 117 Å². The van der Waals surface area contributed by atoms with Crippen LogP contribution < -0.4 is 16.4 Å². The summed E-state index contributed by atoms with van der Waals surface area (Å²) < 4.78 is 1.88. The second-order valence-electron chi connectivity index (χ2n) is 16.8. The maximum absolute atomic E-state index is 14.1. The quantitative estimate of drug-likeness (QED) is 0.0619. The normalized spacial score (nSPS) is 16.4. The fraction of sp³-hybridized carbons (Fsp3) is 0.444. The smallest absolute Gasteiger partial charge is 0.246 e. The molecule has 1 saturated heterocycles. The molecule has 5 aromatic rings. The van der Waals surface area contributed by atoms with Gasteiger partial charge in [-0.05, 0) is 61.4 Å². The van der Waals surface area contributed by atoms with E-state index in [0.717, 1.165) is 65.9 Å². The average Bonchev–Trinajstić information content (AvgIpc) is 3.98. The lowest BCUT2D eigenvalue weighted by Crippen LogP contribution is -2.57. The second kappa shape index (κ2) is 19.6. The van der Waals surface area contributed by atoms with E-state index in [9.17, 15) is 24.6 Å². The molecule has 0 radical (unpaired) electrons. The summed E-state index contributed by atoms with van der Waals surface area (Å²) in [4.78, 5) is 47.7. The van der Waals surface area contributed by atoms with Crippen molar-refractivity contribution in [3.8, 4) is 38.6 Å². The fourth-order valence-electron chi connectivity index (χ4n) is 7.59. The van der Waals surface area contributed by atoms with Crippen LogP contribution in [0.1, 0.15) is 96.4 Å². The maximum atomic E-state index is 14.1. The van der Waals surface area contributed by atoms with Gasteiger partial charge in [-0.1, -0.05) is 82.9 Å². The van der Waals surface area contributed by atoms with Crippen molar-refractivity contribution in [3.63, 3.8) is 0 Å². The number of amides is 3. The first kappa shape index (κ1) is 43.9. The number of nitrogens with zero attached hydrogens (tertiary/aromatic N) is 6. The molecule has 318 valence electrons. The third-order valence-corrected chi connectivity index (χ3v) is 12.0. The van der Waals surface area contributed by atoms with Crippen LogP contribution in [-0.2, 0) is 20.9 Å². The minimum Gasteiger partial charge on any atom is -0.507 e. The molecule has 0 spiro atoms. The van der Waals surface area contributed by atoms with Gasteiger partial charge >= 0.3 is 0 Å². The summed E-state index contributed by atoms with van der Waals surface area (Å²) in [5, 5.41) is 39.7. The van der Waals surface area contributed by atoms with Crippen LogP contribution in [0.2, 0.25) is 0 Å². The molecule has 6 rings (SSSR count). The van der Waals surface area contributed by atoms with Crippen LogP contribution >= 0.6 is 11.3 Å². The molecule has 1 aliphatic rings. The van der Waals surface area contributed by atoms with Gasteiger partial charge in [-0.25, -0.2) is 4.98 Å². The zero-order chi connectivity index (χ0) is 43.0. The number of phenols is 1. The van der Waals surface area contributed by atoms with E-state index in [1.807, 2.05) is 87.4 Å². The standard InChI is InChI=1S/C45H57N9O5S/c1-28(30-17-19-31(20-18-30)40-29(2)47-27-60-40)49-43(58)37-22-33(55)26-54(37)44(59)41(45(3,4)5)50-39(57)16-10-8-6-7-9-13-21-53-25-32(24-48-53)35-23-36(51-52-42(35)46)34-14-11-12-15-38(34)56/h11-12,14-15,17-20,23-25,27-28,33,37,41,55-56H,6-10,13,16,21-22,26H2,1-5H3,(H2,46,52)(H,49,58)(H,50,57)/t28-,33+,37-,41+/m0/s1. The van der Waals surface area contributed by atoms with Crippen molar-refractivity contribution in [3.05, 3.63) is 83.8 Å². The highest BCUT2D eigenvalue weighted by Gasteiger charge is 2.44. The van der Waals surface area contributed by atoms with E-state index in [4.69, 9.17) is 5.73 Å². The average molecular weight is 836 g/mol. The first-order chi connectivity index (χ1) is 28.7. The number of thiazole rings is 1. The highest BCUT2D eigenvalue weighted by molar-refractivity contribution is 7.13. The van der Waals surface area contributed by atoms with Gasteiger partial charge in [0, 0.05) is 48.8 Å². The number of anilines is 1. The lowest BCUT2D eigenvalue weighted by atomic mass is 9.85. The Hall–Kier alpha value is -5.67. The monoisotopic (exact) mass is 835 g/mol. The molecule has 4 atom stereocenters. The lowest BCUT2D eigenvalue weighted by molar-refractivity contribution is -0.144. The van der Waals surface area contributed by atoms with Gasteiger partial charge in [-0.3, -0.25) is 19.1 Å². The Morgan fingerprint density at radius 1 is 0.950 bits per heavy atom. The van der Waals surface area contributed by atoms with Crippen molar-refractivity contribution in [2.75, 3.05) is 12.3 Å². The molecule has 1 fully saturated rings. The van der Waals surface area contributed by atoms with E-state index in [-0.39, 0.29) is 48.3 Å². The van der Waals surface area contributed by atoms with E-state index in [0.29, 0.717) is 29.7 Å². The summed E-state index contributed by atoms with van der Waals surface area (Å²) in [7, 11) is 0. The number of unbranched alkanes of at least 4 members (excludes halogenated alkanes) is 5. The number of para-hydroxylation sites is 1. The molecular weight excluding hydrogens is 779 g/mol. The maximum Gasteiger partial charge on any atom is 0.246 e. The second-order valence-corrected chi connectivity index (χ2v) is 17.6. The SMILES string of the molecule is Cc1ncsc1-c1ccc([C@H](C)NC(=O)[C@@H]2C[C@@H](O)CN2C(=O)[C@@H](NC(=O)CCCCCCCCn2cc(-c3cc(-c4ccccc4O)nnc3N)cn2)C(C)(C)C)cc1. The third-order valence-electron chi connectivity index (χ3n) is 11.0. The van der Waals surface area contributed by atoms with Gasteiger partial charge in [0.1, 0.15) is 17.8 Å². The van der Waals surface area contributed by atoms with Gasteiger partial charge < -0.3 is 31.5 Å². The summed E-state index contributed by atoms with van der Waals surface area (Å²) in [5.74, 6) is -0.508. The van der Waals surface area contributed by atoms with Gasteiger partial charge in [0.15, 0.2) is 5.82 Å². The minimum atomic E-state index is -0.862. The number of aliphatic hydroxyl groups is 1. The first-order valence-corrected chi connectivity index (χ1v) is 21.6. The first-order valence-electron chi connectivity index (χ1n) is 20.7. The van der Waals surface area contributed by atoms with Crippen LogP contribution in [0.15, 0.2) is 72.5 Å². The largest absolute Gasteiger partial charge is 0.507 e. The number of aromatic nitrogens is 5. The van der Waals surface area contributed by atoms with Crippen LogP contribution in [0.5, 0.6) is 5.75 Å². The third kappa shape index (κ3) is 10.9. The Kier molecular flexibility index (Phi) is 14.3. The predicted octanol–water partition coefficient (Wildman–Crippen LogP) is 6.83. The van der Waals surface area contributed by atoms with Crippen LogP contribution in [-0.4, -0.2) is 82.5 Å². The Balaban J connectivity index is 0.924. The number of β-amino-alcohol motifs (C(OH)–C–C–N with tert-alkyl or cyclic N) is 1. The number of aliphatic hydroxyl groups excluding tert-OH is 1. The molecule has 3 aromatic heterocycles. The number of nitrogens with two attached hydrogens (primary N) is 1. The van der Waals surface area contributed by atoms with Gasteiger partial charge in [-0.2, -0.15) is 5.10 Å². The fourth-order valence-corrected chi connectivity index (χ4v) is 8.41. The number of carbonyl (C=O) groups excluding carboxylic acids is 3. The van der Waals surface area contributed by atoms with Gasteiger partial charge in [0.2, 0.25) is 17.7 Å². The molecule has 0 saturated carbocycles. The summed E-state index contributed by atoms with van der Waals surface area (Å²) in [6, 6.07) is 14.7. The van der Waals surface area contributed by atoms with E-state index in [2.05, 4.69) is 30.9 Å². The molecule has 0 bridgehead atoms. The van der Waals surface area contributed by atoms with Crippen molar-refractivity contribution in [2.24, 2.45) is 5.41 Å². The number of aromatic hydroxyl groups is 1. The molecule has 2 aromatic carbocycles. The number of hydrogen-bond acceptors (Lipinski definition) is 11. The van der Waals surface area contributed by atoms with Crippen LogP contribution in [0.25, 0.3) is 32.8 Å². The zero-order valence-electron chi connectivity index (χ0n) is 35.1. The predicted molar refractivity (Wildman–Crippen MR) is 233 cm³/mol. The van der Waals surface area contributed by atoms with E-state index >= 15 is 0 Å². The van der Waals surface area contributed by atoms with Crippen molar-refractivity contribution < 1.29 is 24.6 Å². The number of aryl methyl sites for hydroxylation is 2. The van der Waals surface area contributed by atoms with Crippen LogP contribution in [0, 0.1) is 12.3 Å². The Labute approximate surface area is 355 Å². The Morgan fingerprint density at radius 3 is 2.37 bits per heavy atom. The Bertz CT molecular complexity index is 2250. The molecule has 15 heteroatoms. The molecule has 6 N–H and O–H groups in total. The van der Waals surface area contributed by atoms with E-state index < -0.39 is 23.6 Å². The van der Waals surface area contributed by atoms with Crippen molar-refractivity contribution in [1.29, 1.82) is 0 Å². The highest BCUT2D eigenvalue weighted by Crippen LogP contribution is 2.33. The zero-order valence-corrected chi connectivity index (χ0v) is 35.9. The number of phenolic OH excluding ortho intramolecular Hbond substituents is 1. The molecule has 3 amide bonds. The number of carbonyl (C=O) groups is 3. The number of likely N-dealkylation sites (tertiary alicyclic amines) is 1. The van der Waals surface area contributed by atoms with Crippen LogP contribution in [0.3, 0.4) is 0 Å². The molecule has 1 aliphatic heterocycles. The van der Waals surface area contributed by atoms with Crippen molar-refractivity contribution >= 4 is 34.9 Å². The minimum absolute atomic E-state index is 0.0246. The molecule has 60 heavy (non-hydrogen) atoms. The number of benzene rings is 2. The summed E-state index contributed by atoms with van der Waals surface area (Å²) in [6.45, 7) is 10.3. The van der Waals surface area contributed by atoms with Crippen molar-refractivity contribution in [1.82, 2.24) is 40.5 Å². The van der Waals surface area contributed by atoms with E-state index in [1.54, 1.807) is 35.7 Å². The summed E-state index contributed by atoms with van der Waals surface area (Å²) in [5.41, 5.74) is 12.9. The summed E-state index contributed by atoms with van der Waals surface area (Å²) >= 11 is 1.58. The van der Waals surface area contributed by atoms with Gasteiger partial charge in [0.25, 0.3) is 0 Å². The van der Waals surface area contributed by atoms with Crippen LogP contribution in [0.4, 0.5) is 5.82 Å². The number of hydrogen-bond donors (Lipinski definition) is 5. The van der Waals surface area contributed by atoms with E-state index in [1.165, 1.54) is 4.90 Å².